The molecular formula is C12H24N2O6. The fraction of sp³-hybridized carbons (Fsp3) is 0.750. The maximum atomic E-state index is 10.8. The number of nitrogens with one attached hydrogen (secondary N) is 2. The quantitative estimate of drug-likeness (QED) is 0.156. The van der Waals surface area contributed by atoms with Crippen LogP contribution >= 0.6 is 0 Å². The van der Waals surface area contributed by atoms with Crippen LogP contribution in [0.15, 0.2) is 12.7 Å². The molecule has 0 spiro atoms. The fourth-order valence-corrected chi connectivity index (χ4v) is 1.43. The molecule has 0 aliphatic heterocycles. The summed E-state index contributed by atoms with van der Waals surface area (Å²) in [6, 6.07) is 0. The van der Waals surface area contributed by atoms with Gasteiger partial charge in [-0.15, -0.1) is 0 Å². The van der Waals surface area contributed by atoms with Gasteiger partial charge in [-0.25, -0.2) is 0 Å². The molecule has 0 aromatic rings. The Morgan fingerprint density at radius 3 is 2.25 bits per heavy atom. The van der Waals surface area contributed by atoms with Crippen molar-refractivity contribution < 1.29 is 30.3 Å². The van der Waals surface area contributed by atoms with Crippen LogP contribution in [0, 0.1) is 0 Å². The SMILES string of the molecule is C=CC(=O)NCCCNCC(O)C(O)C(O)C(O)CO. The second-order valence-electron chi connectivity index (χ2n) is 4.35. The van der Waals surface area contributed by atoms with Crippen molar-refractivity contribution in [1.82, 2.24) is 10.6 Å². The summed E-state index contributed by atoms with van der Waals surface area (Å²) < 4.78 is 0. The Morgan fingerprint density at radius 1 is 1.10 bits per heavy atom. The summed E-state index contributed by atoms with van der Waals surface area (Å²) >= 11 is 0. The maximum absolute atomic E-state index is 10.8. The van der Waals surface area contributed by atoms with Crippen molar-refractivity contribution in [3.8, 4) is 0 Å². The second-order valence-corrected chi connectivity index (χ2v) is 4.35. The summed E-state index contributed by atoms with van der Waals surface area (Å²) in [5, 5.41) is 51.6. The van der Waals surface area contributed by atoms with E-state index in [-0.39, 0.29) is 12.5 Å². The Labute approximate surface area is 117 Å². The fourth-order valence-electron chi connectivity index (χ4n) is 1.43. The van der Waals surface area contributed by atoms with Crippen LogP contribution in [-0.2, 0) is 4.79 Å². The summed E-state index contributed by atoms with van der Waals surface area (Å²) in [6.45, 7) is 3.54. The first kappa shape index (κ1) is 19.0. The first-order valence-corrected chi connectivity index (χ1v) is 6.38. The van der Waals surface area contributed by atoms with Crippen molar-refractivity contribution in [3.63, 3.8) is 0 Å². The van der Waals surface area contributed by atoms with Gasteiger partial charge in [-0.05, 0) is 19.0 Å². The number of carbonyl (C=O) groups excluding carboxylic acids is 1. The molecule has 118 valence electrons. The number of hydrogen-bond donors (Lipinski definition) is 7. The van der Waals surface area contributed by atoms with E-state index in [2.05, 4.69) is 17.2 Å². The predicted molar refractivity (Wildman–Crippen MR) is 71.8 cm³/mol. The predicted octanol–water partition coefficient (Wildman–Crippen LogP) is -3.30. The lowest BCUT2D eigenvalue weighted by Crippen LogP contribution is -2.49. The molecule has 0 saturated heterocycles. The molecule has 0 fully saturated rings. The normalized spacial score (nSPS) is 17.1. The average Bonchev–Trinajstić information content (AvgIpc) is 2.47. The van der Waals surface area contributed by atoms with Crippen LogP contribution < -0.4 is 10.6 Å². The highest BCUT2D eigenvalue weighted by Crippen LogP contribution is 2.04. The Morgan fingerprint density at radius 2 is 1.70 bits per heavy atom. The van der Waals surface area contributed by atoms with Gasteiger partial charge in [0.2, 0.25) is 5.91 Å². The Balaban J connectivity index is 3.74. The molecule has 0 aliphatic carbocycles. The summed E-state index contributed by atoms with van der Waals surface area (Å²) in [7, 11) is 0. The largest absolute Gasteiger partial charge is 0.394 e. The first-order chi connectivity index (χ1) is 9.43. The zero-order valence-corrected chi connectivity index (χ0v) is 11.3. The van der Waals surface area contributed by atoms with Gasteiger partial charge in [0, 0.05) is 13.1 Å². The molecule has 4 unspecified atom stereocenters. The van der Waals surface area contributed by atoms with Gasteiger partial charge in [-0.2, -0.15) is 0 Å². The summed E-state index contributed by atoms with van der Waals surface area (Å²) in [4.78, 5) is 10.8. The van der Waals surface area contributed by atoms with E-state index in [0.717, 1.165) is 0 Å². The van der Waals surface area contributed by atoms with Gasteiger partial charge in [0.15, 0.2) is 0 Å². The minimum absolute atomic E-state index is 0.00573. The van der Waals surface area contributed by atoms with E-state index in [1.807, 2.05) is 0 Å². The molecule has 0 aromatic heterocycles. The zero-order chi connectivity index (χ0) is 15.5. The highest BCUT2D eigenvalue weighted by molar-refractivity contribution is 5.86. The third-order valence-corrected chi connectivity index (χ3v) is 2.69. The molecule has 7 N–H and O–H groups in total. The topological polar surface area (TPSA) is 142 Å². The van der Waals surface area contributed by atoms with E-state index in [9.17, 15) is 20.1 Å². The molecule has 0 aliphatic rings. The van der Waals surface area contributed by atoms with Crippen LogP contribution in [0.25, 0.3) is 0 Å². The smallest absolute Gasteiger partial charge is 0.243 e. The van der Waals surface area contributed by atoms with Crippen molar-refractivity contribution in [1.29, 1.82) is 0 Å². The number of aliphatic hydroxyl groups is 5. The van der Waals surface area contributed by atoms with Crippen molar-refractivity contribution in [2.75, 3.05) is 26.2 Å². The van der Waals surface area contributed by atoms with E-state index in [0.29, 0.717) is 19.5 Å². The van der Waals surface area contributed by atoms with E-state index in [1.54, 1.807) is 0 Å². The summed E-state index contributed by atoms with van der Waals surface area (Å²) in [6.07, 6.45) is -4.19. The summed E-state index contributed by atoms with van der Waals surface area (Å²) in [5.41, 5.74) is 0. The van der Waals surface area contributed by atoms with Gasteiger partial charge in [-0.1, -0.05) is 6.58 Å². The number of hydrogen-bond acceptors (Lipinski definition) is 7. The van der Waals surface area contributed by atoms with Crippen molar-refractivity contribution in [2.24, 2.45) is 0 Å². The van der Waals surface area contributed by atoms with Gasteiger partial charge in [-0.3, -0.25) is 4.79 Å². The van der Waals surface area contributed by atoms with E-state index < -0.39 is 31.0 Å². The van der Waals surface area contributed by atoms with Gasteiger partial charge >= 0.3 is 0 Å². The Hall–Kier alpha value is -1.03. The molecule has 0 radical (unpaired) electrons. The number of aliphatic hydroxyl groups excluding tert-OH is 5. The second kappa shape index (κ2) is 10.7. The molecule has 8 heteroatoms. The molecule has 0 heterocycles. The van der Waals surface area contributed by atoms with Gasteiger partial charge < -0.3 is 36.2 Å². The molecule has 8 nitrogen and oxygen atoms in total. The van der Waals surface area contributed by atoms with Gasteiger partial charge in [0.1, 0.15) is 18.3 Å². The third kappa shape index (κ3) is 7.53. The van der Waals surface area contributed by atoms with Crippen molar-refractivity contribution in [3.05, 3.63) is 12.7 Å². The zero-order valence-electron chi connectivity index (χ0n) is 11.3. The lowest BCUT2D eigenvalue weighted by Gasteiger charge is -2.25. The molecule has 20 heavy (non-hydrogen) atoms. The van der Waals surface area contributed by atoms with E-state index >= 15 is 0 Å². The van der Waals surface area contributed by atoms with Crippen LogP contribution in [0.4, 0.5) is 0 Å². The Kier molecular flexibility index (Phi) is 10.2. The molecule has 0 rings (SSSR count). The van der Waals surface area contributed by atoms with Crippen molar-refractivity contribution in [2.45, 2.75) is 30.8 Å². The highest BCUT2D eigenvalue weighted by Gasteiger charge is 2.29. The average molecular weight is 292 g/mol. The lowest BCUT2D eigenvalue weighted by molar-refractivity contribution is -0.116. The third-order valence-electron chi connectivity index (χ3n) is 2.69. The molecule has 0 saturated carbocycles. The standard InChI is InChI=1S/C12H24N2O6/c1-2-10(18)14-5-3-4-13-6-8(16)11(19)12(20)9(17)7-15/h2,8-9,11-13,15-17,19-20H,1,3-7H2,(H,14,18). The molecule has 0 bridgehead atoms. The van der Waals surface area contributed by atoms with Crippen LogP contribution in [0.1, 0.15) is 6.42 Å². The maximum Gasteiger partial charge on any atom is 0.243 e. The first-order valence-electron chi connectivity index (χ1n) is 6.38. The van der Waals surface area contributed by atoms with E-state index in [4.69, 9.17) is 10.2 Å². The van der Waals surface area contributed by atoms with Gasteiger partial charge in [0.05, 0.1) is 12.7 Å². The van der Waals surface area contributed by atoms with Crippen LogP contribution in [0.2, 0.25) is 0 Å². The van der Waals surface area contributed by atoms with Crippen molar-refractivity contribution >= 4 is 5.91 Å². The van der Waals surface area contributed by atoms with Crippen LogP contribution in [0.5, 0.6) is 0 Å². The van der Waals surface area contributed by atoms with Crippen LogP contribution in [-0.4, -0.2) is 82.1 Å². The van der Waals surface area contributed by atoms with Crippen LogP contribution in [0.3, 0.4) is 0 Å². The molecule has 0 aromatic carbocycles. The highest BCUT2D eigenvalue weighted by atomic mass is 16.4. The number of carbonyl (C=O) groups is 1. The number of rotatable bonds is 11. The molecular weight excluding hydrogens is 268 g/mol. The minimum atomic E-state index is -1.62. The molecule has 1 amide bonds. The molecule has 4 atom stereocenters. The lowest BCUT2D eigenvalue weighted by atomic mass is 10.0. The monoisotopic (exact) mass is 292 g/mol. The Bertz CT molecular complexity index is 289. The number of amides is 1. The van der Waals surface area contributed by atoms with E-state index in [1.165, 1.54) is 6.08 Å². The summed E-state index contributed by atoms with van der Waals surface area (Å²) in [5.74, 6) is -0.262. The minimum Gasteiger partial charge on any atom is -0.394 e. The van der Waals surface area contributed by atoms with Gasteiger partial charge in [0.25, 0.3) is 0 Å².